The Kier molecular flexibility index (Phi) is 3.25. The van der Waals surface area contributed by atoms with Crippen LogP contribution in [-0.4, -0.2) is 29.9 Å². The Morgan fingerprint density at radius 2 is 2.25 bits per heavy atom. The fraction of sp³-hybridized carbons (Fsp3) is 0.462. The molecule has 2 rings (SSSR count). The number of hydrogen-bond acceptors (Lipinski definition) is 2. The number of benzene rings is 1. The van der Waals surface area contributed by atoms with E-state index in [2.05, 4.69) is 6.92 Å². The highest BCUT2D eigenvalue weighted by Gasteiger charge is 2.25. The van der Waals surface area contributed by atoms with Crippen LogP contribution in [0.1, 0.15) is 29.3 Å². The summed E-state index contributed by atoms with van der Waals surface area (Å²) in [6.07, 6.45) is 1.81. The number of nitrogens with zero attached hydrogens (tertiary/aromatic N) is 1. The van der Waals surface area contributed by atoms with Gasteiger partial charge >= 0.3 is 0 Å². The van der Waals surface area contributed by atoms with Gasteiger partial charge < -0.3 is 10.6 Å². The van der Waals surface area contributed by atoms with Gasteiger partial charge in [-0.05, 0) is 24.5 Å². The molecular formula is C13H18N2O. The van der Waals surface area contributed by atoms with Crippen LogP contribution >= 0.6 is 0 Å². The number of hydrogen-bond donors (Lipinski definition) is 1. The highest BCUT2D eigenvalue weighted by molar-refractivity contribution is 5.95. The molecule has 3 nitrogen and oxygen atoms in total. The van der Waals surface area contributed by atoms with E-state index in [0.717, 1.165) is 30.5 Å². The van der Waals surface area contributed by atoms with E-state index < -0.39 is 0 Å². The summed E-state index contributed by atoms with van der Waals surface area (Å²) in [5.41, 5.74) is 7.77. The molecule has 1 atom stereocenters. The minimum absolute atomic E-state index is 0.130. The standard InChI is InChI=1S/C13H18N2O/c1-2-10-5-3-4-6-12(10)13(16)15-8-7-11(14)9-15/h3-6,11H,2,7-9,14H2,1H3/t11-/m1/s1. The summed E-state index contributed by atoms with van der Waals surface area (Å²) in [6, 6.07) is 7.97. The number of nitrogens with two attached hydrogens (primary N) is 1. The van der Waals surface area contributed by atoms with Gasteiger partial charge in [-0.2, -0.15) is 0 Å². The van der Waals surface area contributed by atoms with Crippen molar-refractivity contribution >= 4 is 5.91 Å². The van der Waals surface area contributed by atoms with E-state index in [1.54, 1.807) is 0 Å². The van der Waals surface area contributed by atoms with Crippen molar-refractivity contribution in [1.82, 2.24) is 4.90 Å². The first-order valence-electron chi connectivity index (χ1n) is 5.85. The van der Waals surface area contributed by atoms with Gasteiger partial charge in [0.1, 0.15) is 0 Å². The fourth-order valence-corrected chi connectivity index (χ4v) is 2.18. The number of aryl methyl sites for hydroxylation is 1. The van der Waals surface area contributed by atoms with Crippen LogP contribution in [0.25, 0.3) is 0 Å². The first-order valence-corrected chi connectivity index (χ1v) is 5.85. The van der Waals surface area contributed by atoms with Crippen molar-refractivity contribution < 1.29 is 4.79 Å². The van der Waals surface area contributed by atoms with Crippen LogP contribution in [0, 0.1) is 0 Å². The number of rotatable bonds is 2. The Hall–Kier alpha value is -1.35. The van der Waals surface area contributed by atoms with Crippen molar-refractivity contribution in [2.24, 2.45) is 5.73 Å². The van der Waals surface area contributed by atoms with Crippen LogP contribution in [0.3, 0.4) is 0 Å². The molecule has 1 aliphatic heterocycles. The van der Waals surface area contributed by atoms with E-state index in [1.165, 1.54) is 0 Å². The molecule has 1 amide bonds. The molecule has 16 heavy (non-hydrogen) atoms. The molecule has 1 heterocycles. The molecule has 1 fully saturated rings. The van der Waals surface area contributed by atoms with Gasteiger partial charge in [0.25, 0.3) is 5.91 Å². The molecule has 86 valence electrons. The Labute approximate surface area is 96.2 Å². The molecule has 0 radical (unpaired) electrons. The van der Waals surface area contributed by atoms with Crippen LogP contribution < -0.4 is 5.73 Å². The van der Waals surface area contributed by atoms with E-state index in [4.69, 9.17) is 5.73 Å². The third kappa shape index (κ3) is 2.09. The van der Waals surface area contributed by atoms with Crippen molar-refractivity contribution in [1.29, 1.82) is 0 Å². The molecule has 1 aliphatic rings. The van der Waals surface area contributed by atoms with Crippen LogP contribution in [0.2, 0.25) is 0 Å². The second-order valence-electron chi connectivity index (χ2n) is 4.31. The maximum absolute atomic E-state index is 12.2. The van der Waals surface area contributed by atoms with Crippen LogP contribution in [0.4, 0.5) is 0 Å². The molecule has 0 aliphatic carbocycles. The van der Waals surface area contributed by atoms with Gasteiger partial charge in [0.15, 0.2) is 0 Å². The van der Waals surface area contributed by atoms with Crippen LogP contribution in [-0.2, 0) is 6.42 Å². The molecule has 0 spiro atoms. The Morgan fingerprint density at radius 1 is 1.50 bits per heavy atom. The third-order valence-corrected chi connectivity index (χ3v) is 3.14. The summed E-state index contributed by atoms with van der Waals surface area (Å²) in [5.74, 6) is 0.130. The molecular weight excluding hydrogens is 200 g/mol. The smallest absolute Gasteiger partial charge is 0.254 e. The normalized spacial score (nSPS) is 20.1. The fourth-order valence-electron chi connectivity index (χ4n) is 2.18. The summed E-state index contributed by atoms with van der Waals surface area (Å²) in [5, 5.41) is 0. The van der Waals surface area contributed by atoms with E-state index in [0.29, 0.717) is 6.54 Å². The lowest BCUT2D eigenvalue weighted by atomic mass is 10.0. The molecule has 0 saturated carbocycles. The van der Waals surface area contributed by atoms with Crippen molar-refractivity contribution in [3.05, 3.63) is 35.4 Å². The lowest BCUT2D eigenvalue weighted by molar-refractivity contribution is 0.0790. The van der Waals surface area contributed by atoms with Gasteiger partial charge in [0, 0.05) is 24.7 Å². The Bertz CT molecular complexity index is 389. The minimum atomic E-state index is 0.130. The molecule has 0 bridgehead atoms. The minimum Gasteiger partial charge on any atom is -0.337 e. The first-order chi connectivity index (χ1) is 7.72. The lowest BCUT2D eigenvalue weighted by Gasteiger charge is -2.17. The maximum atomic E-state index is 12.2. The Balaban J connectivity index is 2.20. The van der Waals surface area contributed by atoms with Crippen molar-refractivity contribution in [2.75, 3.05) is 13.1 Å². The van der Waals surface area contributed by atoms with Crippen LogP contribution in [0.5, 0.6) is 0 Å². The topological polar surface area (TPSA) is 46.3 Å². The average molecular weight is 218 g/mol. The third-order valence-electron chi connectivity index (χ3n) is 3.14. The highest BCUT2D eigenvalue weighted by Crippen LogP contribution is 2.16. The molecule has 2 N–H and O–H groups in total. The van der Waals surface area contributed by atoms with Gasteiger partial charge in [-0.1, -0.05) is 25.1 Å². The zero-order valence-electron chi connectivity index (χ0n) is 9.65. The number of likely N-dealkylation sites (tertiary alicyclic amines) is 1. The van der Waals surface area contributed by atoms with E-state index in [9.17, 15) is 4.79 Å². The Morgan fingerprint density at radius 3 is 2.88 bits per heavy atom. The molecule has 1 aromatic carbocycles. The van der Waals surface area contributed by atoms with Crippen molar-refractivity contribution in [2.45, 2.75) is 25.8 Å². The molecule has 0 aromatic heterocycles. The number of carbonyl (C=O) groups is 1. The molecule has 1 aromatic rings. The predicted molar refractivity (Wildman–Crippen MR) is 64.3 cm³/mol. The molecule has 1 saturated heterocycles. The second-order valence-corrected chi connectivity index (χ2v) is 4.31. The van der Waals surface area contributed by atoms with Crippen molar-refractivity contribution in [3.8, 4) is 0 Å². The zero-order chi connectivity index (χ0) is 11.5. The van der Waals surface area contributed by atoms with Crippen LogP contribution in [0.15, 0.2) is 24.3 Å². The SMILES string of the molecule is CCc1ccccc1C(=O)N1CC[C@@H](N)C1. The van der Waals surface area contributed by atoms with Gasteiger partial charge in [0.2, 0.25) is 0 Å². The van der Waals surface area contributed by atoms with E-state index in [-0.39, 0.29) is 11.9 Å². The summed E-state index contributed by atoms with van der Waals surface area (Å²) in [7, 11) is 0. The summed E-state index contributed by atoms with van der Waals surface area (Å²) >= 11 is 0. The predicted octanol–water partition coefficient (Wildman–Crippen LogP) is 1.42. The average Bonchev–Trinajstić information content (AvgIpc) is 2.75. The monoisotopic (exact) mass is 218 g/mol. The van der Waals surface area contributed by atoms with E-state index in [1.807, 2.05) is 29.2 Å². The van der Waals surface area contributed by atoms with Gasteiger partial charge in [-0.3, -0.25) is 4.79 Å². The van der Waals surface area contributed by atoms with Gasteiger partial charge in [-0.25, -0.2) is 0 Å². The maximum Gasteiger partial charge on any atom is 0.254 e. The quantitative estimate of drug-likeness (QED) is 0.816. The summed E-state index contributed by atoms with van der Waals surface area (Å²) < 4.78 is 0. The number of carbonyl (C=O) groups excluding carboxylic acids is 1. The van der Waals surface area contributed by atoms with Gasteiger partial charge in [0.05, 0.1) is 0 Å². The molecule has 0 unspecified atom stereocenters. The summed E-state index contributed by atoms with van der Waals surface area (Å²) in [6.45, 7) is 3.55. The largest absolute Gasteiger partial charge is 0.337 e. The summed E-state index contributed by atoms with van der Waals surface area (Å²) in [4.78, 5) is 14.1. The zero-order valence-corrected chi connectivity index (χ0v) is 9.65. The van der Waals surface area contributed by atoms with E-state index >= 15 is 0 Å². The van der Waals surface area contributed by atoms with Crippen molar-refractivity contribution in [3.63, 3.8) is 0 Å². The second kappa shape index (κ2) is 4.66. The number of amides is 1. The van der Waals surface area contributed by atoms with Gasteiger partial charge in [-0.15, -0.1) is 0 Å². The first kappa shape index (κ1) is 11.1. The molecule has 3 heteroatoms. The lowest BCUT2D eigenvalue weighted by Crippen LogP contribution is -2.32. The highest BCUT2D eigenvalue weighted by atomic mass is 16.2.